The minimum Gasteiger partial charge on any atom is -0.494 e. The molecule has 0 saturated heterocycles. The van der Waals surface area contributed by atoms with Crippen LogP contribution in [0.15, 0.2) is 53.1 Å². The molecule has 2 heterocycles. The van der Waals surface area contributed by atoms with Crippen molar-refractivity contribution in [1.82, 2.24) is 20.4 Å². The van der Waals surface area contributed by atoms with E-state index in [9.17, 15) is 4.79 Å². The van der Waals surface area contributed by atoms with Crippen molar-refractivity contribution >= 4 is 5.91 Å². The first-order chi connectivity index (χ1) is 14.2. The number of hydrogen-bond donors (Lipinski definition) is 1. The predicted molar refractivity (Wildman–Crippen MR) is 108 cm³/mol. The van der Waals surface area contributed by atoms with Crippen LogP contribution >= 0.6 is 0 Å². The topological polar surface area (TPSA) is 80.5 Å². The van der Waals surface area contributed by atoms with Gasteiger partial charge in [-0.2, -0.15) is 4.98 Å². The van der Waals surface area contributed by atoms with Gasteiger partial charge < -0.3 is 14.6 Å². The fraction of sp³-hybridized carbons (Fsp3) is 0.318. The molecule has 0 fully saturated rings. The number of ether oxygens (including phenoxy) is 1. The molecule has 0 radical (unpaired) electrons. The predicted octanol–water partition coefficient (Wildman–Crippen LogP) is 2.81. The third-order valence-electron chi connectivity index (χ3n) is 5.12. The van der Waals surface area contributed by atoms with Crippen molar-refractivity contribution in [3.63, 3.8) is 0 Å². The second kappa shape index (κ2) is 8.45. The van der Waals surface area contributed by atoms with Crippen LogP contribution in [0, 0.1) is 0 Å². The zero-order valence-corrected chi connectivity index (χ0v) is 16.6. The molecule has 1 N–H and O–H groups in total. The summed E-state index contributed by atoms with van der Waals surface area (Å²) < 4.78 is 11.0. The zero-order chi connectivity index (χ0) is 20.2. The Bertz CT molecular complexity index is 984. The smallest absolute Gasteiger partial charge is 0.241 e. The highest BCUT2D eigenvalue weighted by Gasteiger charge is 2.32. The summed E-state index contributed by atoms with van der Waals surface area (Å²) in [6.07, 6.45) is 0.662. The molecule has 4 rings (SSSR count). The van der Waals surface area contributed by atoms with Gasteiger partial charge in [0.15, 0.2) is 0 Å². The van der Waals surface area contributed by atoms with Crippen molar-refractivity contribution in [2.24, 2.45) is 0 Å². The zero-order valence-electron chi connectivity index (χ0n) is 16.6. The van der Waals surface area contributed by atoms with Gasteiger partial charge in [-0.25, -0.2) is 0 Å². The lowest BCUT2D eigenvalue weighted by atomic mass is 9.93. The largest absolute Gasteiger partial charge is 0.494 e. The highest BCUT2D eigenvalue weighted by molar-refractivity contribution is 5.82. The Balaban J connectivity index is 1.52. The van der Waals surface area contributed by atoms with Crippen LogP contribution in [0.3, 0.4) is 0 Å². The number of rotatable bonds is 6. The summed E-state index contributed by atoms with van der Waals surface area (Å²) in [5.74, 6) is 1.81. The van der Waals surface area contributed by atoms with Crippen LogP contribution in [-0.2, 0) is 24.3 Å². The minimum atomic E-state index is -0.268. The average molecular weight is 392 g/mol. The molecule has 150 valence electrons. The van der Waals surface area contributed by atoms with Crippen molar-refractivity contribution in [2.75, 3.05) is 13.7 Å². The number of carbonyl (C=O) groups is 1. The fourth-order valence-electron chi connectivity index (χ4n) is 3.65. The number of nitrogens with zero attached hydrogens (tertiary/aromatic N) is 3. The van der Waals surface area contributed by atoms with Crippen molar-refractivity contribution in [1.29, 1.82) is 0 Å². The summed E-state index contributed by atoms with van der Waals surface area (Å²) in [4.78, 5) is 19.1. The van der Waals surface area contributed by atoms with Gasteiger partial charge in [-0.15, -0.1) is 0 Å². The number of likely N-dealkylation sites (N-methyl/N-ethyl adjacent to an activating group) is 1. The highest BCUT2D eigenvalue weighted by Crippen LogP contribution is 2.26. The van der Waals surface area contributed by atoms with Gasteiger partial charge in [-0.3, -0.25) is 9.69 Å². The van der Waals surface area contributed by atoms with Gasteiger partial charge in [0.2, 0.25) is 17.6 Å². The number of carbonyl (C=O) groups excluding carboxylic acids is 1. The number of amides is 1. The fourth-order valence-corrected chi connectivity index (χ4v) is 3.65. The maximum absolute atomic E-state index is 12.5. The number of aromatic nitrogens is 2. The lowest BCUT2D eigenvalue weighted by Gasteiger charge is -2.34. The molecular formula is C22H24N4O3. The van der Waals surface area contributed by atoms with E-state index in [-0.39, 0.29) is 11.9 Å². The molecule has 7 heteroatoms. The Labute approximate surface area is 169 Å². The monoisotopic (exact) mass is 392 g/mol. The van der Waals surface area contributed by atoms with Gasteiger partial charge in [-0.1, -0.05) is 29.4 Å². The van der Waals surface area contributed by atoms with Gasteiger partial charge in [-0.05, 0) is 48.7 Å². The summed E-state index contributed by atoms with van der Waals surface area (Å²) >= 11 is 0. The molecule has 29 heavy (non-hydrogen) atoms. The Morgan fingerprint density at radius 2 is 1.97 bits per heavy atom. The average Bonchev–Trinajstić information content (AvgIpc) is 3.22. The first-order valence-electron chi connectivity index (χ1n) is 9.76. The summed E-state index contributed by atoms with van der Waals surface area (Å²) in [6.45, 7) is 3.65. The Morgan fingerprint density at radius 3 is 2.69 bits per heavy atom. The summed E-state index contributed by atoms with van der Waals surface area (Å²) in [5.41, 5.74) is 3.28. The second-order valence-corrected chi connectivity index (χ2v) is 6.98. The van der Waals surface area contributed by atoms with Crippen molar-refractivity contribution in [3.05, 3.63) is 65.5 Å². The molecule has 1 aliphatic rings. The Hall–Kier alpha value is -3.19. The van der Waals surface area contributed by atoms with E-state index in [2.05, 4.69) is 32.5 Å². The van der Waals surface area contributed by atoms with E-state index < -0.39 is 0 Å². The molecule has 1 aromatic heterocycles. The molecular weight excluding hydrogens is 368 g/mol. The van der Waals surface area contributed by atoms with E-state index in [1.165, 1.54) is 11.1 Å². The molecule has 1 unspecified atom stereocenters. The molecule has 1 atom stereocenters. The molecule has 0 spiro atoms. The normalized spacial score (nSPS) is 16.3. The van der Waals surface area contributed by atoms with Crippen LogP contribution in [0.1, 0.15) is 23.9 Å². The Kier molecular flexibility index (Phi) is 5.57. The highest BCUT2D eigenvalue weighted by atomic mass is 16.5. The van der Waals surface area contributed by atoms with Gasteiger partial charge in [0, 0.05) is 19.2 Å². The van der Waals surface area contributed by atoms with E-state index in [4.69, 9.17) is 9.26 Å². The number of benzene rings is 2. The number of hydrogen-bond acceptors (Lipinski definition) is 6. The molecule has 7 nitrogen and oxygen atoms in total. The van der Waals surface area contributed by atoms with Crippen LogP contribution < -0.4 is 10.1 Å². The Morgan fingerprint density at radius 1 is 1.21 bits per heavy atom. The van der Waals surface area contributed by atoms with E-state index >= 15 is 0 Å². The van der Waals surface area contributed by atoms with Crippen LogP contribution in [0.4, 0.5) is 0 Å². The maximum atomic E-state index is 12.5. The van der Waals surface area contributed by atoms with Gasteiger partial charge in [0.25, 0.3) is 0 Å². The third-order valence-corrected chi connectivity index (χ3v) is 5.12. The van der Waals surface area contributed by atoms with Crippen LogP contribution in [0.25, 0.3) is 11.4 Å². The SMILES string of the molecule is CCOc1ccc(-c2noc(CN3Cc4ccccc4CC3C(=O)NC)n2)cc1. The standard InChI is InChI=1S/C22H24N4O3/c1-3-28-18-10-8-15(9-11-18)21-24-20(29-25-21)14-26-13-17-7-5-4-6-16(17)12-19(26)22(27)23-2/h4-11,19H,3,12-14H2,1-2H3,(H,23,27). The third kappa shape index (κ3) is 4.14. The summed E-state index contributed by atoms with van der Waals surface area (Å²) in [7, 11) is 1.66. The molecule has 0 saturated carbocycles. The first kappa shape index (κ1) is 19.1. The van der Waals surface area contributed by atoms with Crippen molar-refractivity contribution in [2.45, 2.75) is 32.5 Å². The molecule has 1 aliphatic heterocycles. The maximum Gasteiger partial charge on any atom is 0.241 e. The quantitative estimate of drug-likeness (QED) is 0.695. The lowest BCUT2D eigenvalue weighted by molar-refractivity contribution is -0.127. The van der Waals surface area contributed by atoms with E-state index in [1.807, 2.05) is 43.3 Å². The lowest BCUT2D eigenvalue weighted by Crippen LogP contribution is -2.49. The van der Waals surface area contributed by atoms with Crippen molar-refractivity contribution in [3.8, 4) is 17.1 Å². The number of fused-ring (bicyclic) bond motifs is 1. The summed E-state index contributed by atoms with van der Waals surface area (Å²) in [5, 5.41) is 6.88. The van der Waals surface area contributed by atoms with Gasteiger partial charge >= 0.3 is 0 Å². The molecule has 3 aromatic rings. The molecule has 2 aromatic carbocycles. The second-order valence-electron chi connectivity index (χ2n) is 6.98. The first-order valence-corrected chi connectivity index (χ1v) is 9.76. The minimum absolute atomic E-state index is 0.00856. The molecule has 0 bridgehead atoms. The van der Waals surface area contributed by atoms with Gasteiger partial charge in [0.1, 0.15) is 5.75 Å². The molecule has 1 amide bonds. The van der Waals surface area contributed by atoms with Crippen molar-refractivity contribution < 1.29 is 14.1 Å². The van der Waals surface area contributed by atoms with Gasteiger partial charge in [0.05, 0.1) is 19.2 Å². The molecule has 0 aliphatic carbocycles. The van der Waals surface area contributed by atoms with E-state index in [0.717, 1.165) is 11.3 Å². The van der Waals surface area contributed by atoms with Crippen LogP contribution in [0.5, 0.6) is 5.75 Å². The number of nitrogens with one attached hydrogen (secondary N) is 1. The summed E-state index contributed by atoms with van der Waals surface area (Å²) in [6, 6.07) is 15.5. The van der Waals surface area contributed by atoms with Crippen LogP contribution in [-0.4, -0.2) is 40.6 Å². The van der Waals surface area contributed by atoms with Crippen LogP contribution in [0.2, 0.25) is 0 Å². The van der Waals surface area contributed by atoms with E-state index in [1.54, 1.807) is 7.05 Å². The van der Waals surface area contributed by atoms with E-state index in [0.29, 0.717) is 37.8 Å².